The maximum Gasteiger partial charge on any atom is 0.266 e. The van der Waals surface area contributed by atoms with Crippen LogP contribution >= 0.6 is 27.3 Å². The van der Waals surface area contributed by atoms with Gasteiger partial charge in [0.15, 0.2) is 0 Å². The Labute approximate surface area is 123 Å². The van der Waals surface area contributed by atoms with Crippen LogP contribution in [0.1, 0.15) is 5.56 Å². The molecule has 1 aromatic heterocycles. The number of hydrogen-bond donors (Lipinski definition) is 1. The predicted molar refractivity (Wildman–Crippen MR) is 80.7 cm³/mol. The highest BCUT2D eigenvalue weighted by molar-refractivity contribution is 9.10. The number of nitrogens with zero attached hydrogens (tertiary/aromatic N) is 1. The molecule has 0 saturated carbocycles. The van der Waals surface area contributed by atoms with Crippen molar-refractivity contribution >= 4 is 44.9 Å². The zero-order valence-electron chi connectivity index (χ0n) is 9.76. The van der Waals surface area contributed by atoms with Crippen molar-refractivity contribution in [1.29, 1.82) is 5.26 Å². The molecule has 0 aliphatic heterocycles. The second-order valence-corrected chi connectivity index (χ2v) is 5.29. The number of rotatable bonds is 3. The Morgan fingerprint density at radius 3 is 2.79 bits per heavy atom. The summed E-state index contributed by atoms with van der Waals surface area (Å²) in [6, 6.07) is 11.0. The first-order chi connectivity index (χ1) is 9.20. The van der Waals surface area contributed by atoms with Crippen molar-refractivity contribution in [2.24, 2.45) is 0 Å². The topological polar surface area (TPSA) is 52.9 Å². The van der Waals surface area contributed by atoms with E-state index in [-0.39, 0.29) is 5.57 Å². The molecule has 0 unspecified atom stereocenters. The molecule has 0 atom stereocenters. The molecule has 1 heterocycles. The van der Waals surface area contributed by atoms with E-state index in [1.54, 1.807) is 12.1 Å². The van der Waals surface area contributed by atoms with Gasteiger partial charge in [0, 0.05) is 4.47 Å². The molecule has 1 N–H and O–H groups in total. The third-order valence-electron chi connectivity index (χ3n) is 2.34. The smallest absolute Gasteiger partial charge is 0.266 e. The Morgan fingerprint density at radius 2 is 2.16 bits per heavy atom. The van der Waals surface area contributed by atoms with E-state index in [2.05, 4.69) is 21.2 Å². The molecule has 94 valence electrons. The second kappa shape index (κ2) is 6.32. The Balaban J connectivity index is 2.19. The fourth-order valence-corrected chi connectivity index (χ4v) is 2.43. The number of nitriles is 1. The molecular formula is C14H9BrN2OS. The third-order valence-corrected chi connectivity index (χ3v) is 3.73. The minimum Gasteiger partial charge on any atom is -0.320 e. The standard InChI is InChI=1S/C14H9BrN2OS/c15-12-3-1-2-4-13(12)17-14(18)11(8-16)7-10-5-6-19-9-10/h1-7,9H,(H,17,18)/b11-7+. The Bertz CT molecular complexity index is 656. The van der Waals surface area contributed by atoms with Crippen molar-refractivity contribution in [3.05, 3.63) is 56.7 Å². The van der Waals surface area contributed by atoms with E-state index in [4.69, 9.17) is 5.26 Å². The summed E-state index contributed by atoms with van der Waals surface area (Å²) in [5.74, 6) is -0.416. The molecule has 5 heteroatoms. The number of para-hydroxylation sites is 1. The van der Waals surface area contributed by atoms with Crippen LogP contribution in [-0.2, 0) is 4.79 Å². The number of nitrogens with one attached hydrogen (secondary N) is 1. The lowest BCUT2D eigenvalue weighted by molar-refractivity contribution is -0.112. The summed E-state index contributed by atoms with van der Waals surface area (Å²) in [5, 5.41) is 15.5. The average Bonchev–Trinajstić information content (AvgIpc) is 2.91. The van der Waals surface area contributed by atoms with Crippen LogP contribution < -0.4 is 5.32 Å². The van der Waals surface area contributed by atoms with Gasteiger partial charge in [-0.2, -0.15) is 16.6 Å². The number of amides is 1. The Hall–Kier alpha value is -1.90. The van der Waals surface area contributed by atoms with E-state index >= 15 is 0 Å². The van der Waals surface area contributed by atoms with Gasteiger partial charge in [0.25, 0.3) is 5.91 Å². The quantitative estimate of drug-likeness (QED) is 0.680. The van der Waals surface area contributed by atoms with Crippen molar-refractivity contribution in [2.45, 2.75) is 0 Å². The molecule has 3 nitrogen and oxygen atoms in total. The van der Waals surface area contributed by atoms with Gasteiger partial charge in [-0.25, -0.2) is 0 Å². The second-order valence-electron chi connectivity index (χ2n) is 3.66. The van der Waals surface area contributed by atoms with Crippen LogP contribution in [-0.4, -0.2) is 5.91 Å². The lowest BCUT2D eigenvalue weighted by Gasteiger charge is -2.05. The fourth-order valence-electron chi connectivity index (χ4n) is 1.42. The SMILES string of the molecule is N#C/C(=C\c1ccsc1)C(=O)Nc1ccccc1Br. The molecule has 0 spiro atoms. The van der Waals surface area contributed by atoms with Crippen molar-refractivity contribution < 1.29 is 4.79 Å². The van der Waals surface area contributed by atoms with Crippen molar-refractivity contribution in [2.75, 3.05) is 5.32 Å². The molecule has 0 bridgehead atoms. The first-order valence-corrected chi connectivity index (χ1v) is 7.14. The molecule has 0 radical (unpaired) electrons. The zero-order valence-corrected chi connectivity index (χ0v) is 12.2. The van der Waals surface area contributed by atoms with Crippen LogP contribution in [0.25, 0.3) is 6.08 Å². The third kappa shape index (κ3) is 3.53. The first kappa shape index (κ1) is 13.5. The Kier molecular flexibility index (Phi) is 4.50. The van der Waals surface area contributed by atoms with E-state index in [0.29, 0.717) is 5.69 Å². The van der Waals surface area contributed by atoms with E-state index in [1.807, 2.05) is 41.1 Å². The van der Waals surface area contributed by atoms with E-state index in [9.17, 15) is 4.79 Å². The number of carbonyl (C=O) groups excluding carboxylic acids is 1. The lowest BCUT2D eigenvalue weighted by atomic mass is 10.2. The number of carbonyl (C=O) groups is 1. The lowest BCUT2D eigenvalue weighted by Crippen LogP contribution is -2.13. The van der Waals surface area contributed by atoms with Gasteiger partial charge in [0.2, 0.25) is 0 Å². The number of anilines is 1. The highest BCUT2D eigenvalue weighted by atomic mass is 79.9. The van der Waals surface area contributed by atoms with Crippen molar-refractivity contribution in [3.8, 4) is 6.07 Å². The van der Waals surface area contributed by atoms with Crippen molar-refractivity contribution in [1.82, 2.24) is 0 Å². The summed E-state index contributed by atoms with van der Waals surface area (Å²) >= 11 is 4.86. The molecule has 2 rings (SSSR count). The molecule has 0 aliphatic carbocycles. The maximum absolute atomic E-state index is 12.0. The molecule has 0 fully saturated rings. The van der Waals surface area contributed by atoms with Crippen LogP contribution in [0, 0.1) is 11.3 Å². The average molecular weight is 333 g/mol. The predicted octanol–water partition coefficient (Wildman–Crippen LogP) is 4.06. The monoisotopic (exact) mass is 332 g/mol. The van der Waals surface area contributed by atoms with Gasteiger partial charge in [-0.3, -0.25) is 4.79 Å². The van der Waals surface area contributed by atoms with Gasteiger partial charge in [0.05, 0.1) is 5.69 Å². The summed E-state index contributed by atoms with van der Waals surface area (Å²) < 4.78 is 0.774. The van der Waals surface area contributed by atoms with E-state index in [0.717, 1.165) is 10.0 Å². The molecule has 1 amide bonds. The van der Waals surface area contributed by atoms with E-state index in [1.165, 1.54) is 11.3 Å². The van der Waals surface area contributed by atoms with Crippen LogP contribution in [0.4, 0.5) is 5.69 Å². The van der Waals surface area contributed by atoms with Crippen LogP contribution in [0.3, 0.4) is 0 Å². The van der Waals surface area contributed by atoms with Gasteiger partial charge in [-0.15, -0.1) is 0 Å². The molecule has 2 aromatic rings. The van der Waals surface area contributed by atoms with Gasteiger partial charge in [0.1, 0.15) is 11.6 Å². The fraction of sp³-hybridized carbons (Fsp3) is 0. The first-order valence-electron chi connectivity index (χ1n) is 5.40. The number of benzene rings is 1. The number of halogens is 1. The largest absolute Gasteiger partial charge is 0.320 e. The zero-order chi connectivity index (χ0) is 13.7. The van der Waals surface area contributed by atoms with Crippen molar-refractivity contribution in [3.63, 3.8) is 0 Å². The summed E-state index contributed by atoms with van der Waals surface area (Å²) in [7, 11) is 0. The summed E-state index contributed by atoms with van der Waals surface area (Å²) in [5.41, 5.74) is 1.57. The number of thiophene rings is 1. The summed E-state index contributed by atoms with van der Waals surface area (Å²) in [6.07, 6.45) is 1.57. The van der Waals surface area contributed by atoms with Gasteiger partial charge < -0.3 is 5.32 Å². The van der Waals surface area contributed by atoms with Gasteiger partial charge in [-0.05, 0) is 56.5 Å². The normalized spacial score (nSPS) is 10.8. The molecule has 1 aromatic carbocycles. The van der Waals surface area contributed by atoms with E-state index < -0.39 is 5.91 Å². The molecule has 0 saturated heterocycles. The highest BCUT2D eigenvalue weighted by Crippen LogP contribution is 2.22. The van der Waals surface area contributed by atoms with Crippen LogP contribution in [0.5, 0.6) is 0 Å². The maximum atomic E-state index is 12.0. The van der Waals surface area contributed by atoms with Gasteiger partial charge in [-0.1, -0.05) is 12.1 Å². The Morgan fingerprint density at radius 1 is 1.37 bits per heavy atom. The van der Waals surface area contributed by atoms with Crippen LogP contribution in [0.2, 0.25) is 0 Å². The highest BCUT2D eigenvalue weighted by Gasteiger charge is 2.10. The van der Waals surface area contributed by atoms with Gasteiger partial charge >= 0.3 is 0 Å². The minimum absolute atomic E-state index is 0.0779. The molecular weight excluding hydrogens is 324 g/mol. The summed E-state index contributed by atoms with van der Waals surface area (Å²) in [4.78, 5) is 12.0. The van der Waals surface area contributed by atoms with Crippen LogP contribution in [0.15, 0.2) is 51.1 Å². The molecule has 19 heavy (non-hydrogen) atoms. The summed E-state index contributed by atoms with van der Waals surface area (Å²) in [6.45, 7) is 0. The number of hydrogen-bond acceptors (Lipinski definition) is 3. The molecule has 0 aliphatic rings. The minimum atomic E-state index is -0.416.